The highest BCUT2D eigenvalue weighted by atomic mass is 16.2. The molecule has 1 heterocycles. The first-order valence-corrected chi connectivity index (χ1v) is 6.82. The van der Waals surface area contributed by atoms with Gasteiger partial charge in [-0.15, -0.1) is 0 Å². The van der Waals surface area contributed by atoms with Gasteiger partial charge in [0.05, 0.1) is 6.04 Å². The van der Waals surface area contributed by atoms with Gasteiger partial charge in [-0.1, -0.05) is 24.3 Å². The number of aryl methyl sites for hydroxylation is 1. The topological polar surface area (TPSA) is 41.1 Å². The molecule has 1 saturated carbocycles. The van der Waals surface area contributed by atoms with Gasteiger partial charge in [-0.05, 0) is 43.2 Å². The average Bonchev–Trinajstić information content (AvgIpc) is 2.99. The highest BCUT2D eigenvalue weighted by Crippen LogP contribution is 2.35. The van der Waals surface area contributed by atoms with Crippen LogP contribution in [0.15, 0.2) is 24.3 Å². The van der Waals surface area contributed by atoms with Crippen LogP contribution in [0, 0.1) is 12.8 Å². The predicted molar refractivity (Wildman–Crippen MR) is 71.1 cm³/mol. The fraction of sp³-hybridized carbons (Fsp3) is 0.533. The molecule has 2 bridgehead atoms. The summed E-state index contributed by atoms with van der Waals surface area (Å²) in [5.41, 5.74) is 2.44. The van der Waals surface area contributed by atoms with Crippen LogP contribution >= 0.6 is 0 Å². The normalized spacial score (nSPS) is 29.5. The summed E-state index contributed by atoms with van der Waals surface area (Å²) in [6, 6.07) is 8.83. The van der Waals surface area contributed by atoms with Crippen molar-refractivity contribution in [2.45, 2.75) is 44.8 Å². The molecule has 3 rings (SSSR count). The highest BCUT2D eigenvalue weighted by Gasteiger charge is 2.42. The molecule has 18 heavy (non-hydrogen) atoms. The van der Waals surface area contributed by atoms with Gasteiger partial charge in [0.15, 0.2) is 0 Å². The number of hydrogen-bond donors (Lipinski definition) is 2. The van der Waals surface area contributed by atoms with Crippen molar-refractivity contribution < 1.29 is 4.79 Å². The van der Waals surface area contributed by atoms with Crippen molar-refractivity contribution in [3.05, 3.63) is 35.4 Å². The van der Waals surface area contributed by atoms with E-state index < -0.39 is 0 Å². The van der Waals surface area contributed by atoms with Gasteiger partial charge in [-0.2, -0.15) is 0 Å². The molecule has 1 saturated heterocycles. The van der Waals surface area contributed by atoms with E-state index in [4.69, 9.17) is 0 Å². The molecule has 2 N–H and O–H groups in total. The van der Waals surface area contributed by atoms with Crippen LogP contribution in [0.1, 0.15) is 30.4 Å². The molecule has 2 fully saturated rings. The number of nitrogens with one attached hydrogen (secondary N) is 2. The lowest BCUT2D eigenvalue weighted by atomic mass is 9.99. The molecule has 3 heteroatoms. The Labute approximate surface area is 108 Å². The first-order chi connectivity index (χ1) is 8.74. The summed E-state index contributed by atoms with van der Waals surface area (Å²) in [6.45, 7) is 2.72. The summed E-state index contributed by atoms with van der Waals surface area (Å²) < 4.78 is 0. The van der Waals surface area contributed by atoms with Crippen LogP contribution in [-0.2, 0) is 11.3 Å². The molecule has 3 unspecified atom stereocenters. The van der Waals surface area contributed by atoms with E-state index in [1.54, 1.807) is 0 Å². The van der Waals surface area contributed by atoms with Crippen molar-refractivity contribution in [1.29, 1.82) is 0 Å². The van der Waals surface area contributed by atoms with E-state index in [1.165, 1.54) is 30.4 Å². The maximum atomic E-state index is 12.1. The highest BCUT2D eigenvalue weighted by molar-refractivity contribution is 5.82. The van der Waals surface area contributed by atoms with Crippen molar-refractivity contribution in [2.75, 3.05) is 0 Å². The number of carbonyl (C=O) groups excluding carboxylic acids is 1. The quantitative estimate of drug-likeness (QED) is 0.850. The molecule has 2 aliphatic rings. The Balaban J connectivity index is 1.58. The van der Waals surface area contributed by atoms with Crippen LogP contribution in [0.5, 0.6) is 0 Å². The molecule has 3 nitrogen and oxygen atoms in total. The van der Waals surface area contributed by atoms with E-state index in [0.29, 0.717) is 18.5 Å². The Bertz CT molecular complexity index is 458. The third-order valence-corrected chi connectivity index (χ3v) is 4.36. The minimum atomic E-state index is 0.0489. The first-order valence-electron chi connectivity index (χ1n) is 6.82. The number of hydrogen-bond acceptors (Lipinski definition) is 2. The molecular formula is C15H20N2O. The zero-order valence-electron chi connectivity index (χ0n) is 10.8. The van der Waals surface area contributed by atoms with Gasteiger partial charge in [0.25, 0.3) is 0 Å². The maximum Gasteiger partial charge on any atom is 0.237 e. The molecule has 1 aliphatic carbocycles. The molecule has 3 atom stereocenters. The summed E-state index contributed by atoms with van der Waals surface area (Å²) in [5, 5.41) is 6.49. The summed E-state index contributed by atoms with van der Waals surface area (Å²) in [5.74, 6) is 0.734. The van der Waals surface area contributed by atoms with E-state index in [-0.39, 0.29) is 11.9 Å². The number of piperidine rings is 1. The second-order valence-corrected chi connectivity index (χ2v) is 5.56. The van der Waals surface area contributed by atoms with Gasteiger partial charge in [-0.25, -0.2) is 0 Å². The first kappa shape index (κ1) is 11.7. The molecule has 1 aromatic rings. The third-order valence-electron chi connectivity index (χ3n) is 4.36. The van der Waals surface area contributed by atoms with Crippen LogP contribution in [0.2, 0.25) is 0 Å². The van der Waals surface area contributed by atoms with Gasteiger partial charge in [0.2, 0.25) is 5.91 Å². The van der Waals surface area contributed by atoms with Crippen molar-refractivity contribution >= 4 is 5.91 Å². The Morgan fingerprint density at radius 2 is 2.22 bits per heavy atom. The molecule has 0 aromatic heterocycles. The number of benzene rings is 1. The summed E-state index contributed by atoms with van der Waals surface area (Å²) in [7, 11) is 0. The standard InChI is InChI=1S/C15H20N2O/c1-10-4-2-3-5-12(10)9-16-15(18)14-11-6-7-13(8-11)17-14/h2-5,11,13-14,17H,6-9H2,1H3,(H,16,18). The fourth-order valence-corrected chi connectivity index (χ4v) is 3.25. The zero-order chi connectivity index (χ0) is 12.5. The monoisotopic (exact) mass is 244 g/mol. The van der Waals surface area contributed by atoms with Crippen LogP contribution in [0.3, 0.4) is 0 Å². The fourth-order valence-electron chi connectivity index (χ4n) is 3.25. The largest absolute Gasteiger partial charge is 0.351 e. The Kier molecular flexibility index (Phi) is 3.08. The van der Waals surface area contributed by atoms with Crippen molar-refractivity contribution in [1.82, 2.24) is 10.6 Å². The van der Waals surface area contributed by atoms with Crippen LogP contribution < -0.4 is 10.6 Å². The minimum absolute atomic E-state index is 0.0489. The van der Waals surface area contributed by atoms with Gasteiger partial charge < -0.3 is 10.6 Å². The van der Waals surface area contributed by atoms with Gasteiger partial charge in [0, 0.05) is 12.6 Å². The lowest BCUT2D eigenvalue weighted by Crippen LogP contribution is -2.47. The van der Waals surface area contributed by atoms with Crippen molar-refractivity contribution in [3.63, 3.8) is 0 Å². The molecule has 1 aromatic carbocycles. The maximum absolute atomic E-state index is 12.1. The zero-order valence-corrected chi connectivity index (χ0v) is 10.8. The Morgan fingerprint density at radius 1 is 1.39 bits per heavy atom. The second-order valence-electron chi connectivity index (χ2n) is 5.56. The molecular weight excluding hydrogens is 224 g/mol. The summed E-state index contributed by atoms with van der Waals surface area (Å²) in [4.78, 5) is 12.1. The molecule has 1 amide bonds. The van der Waals surface area contributed by atoms with E-state index in [9.17, 15) is 4.79 Å². The van der Waals surface area contributed by atoms with Gasteiger partial charge >= 0.3 is 0 Å². The Morgan fingerprint density at radius 3 is 2.89 bits per heavy atom. The SMILES string of the molecule is Cc1ccccc1CNC(=O)C1NC2CCC1C2. The smallest absolute Gasteiger partial charge is 0.237 e. The third kappa shape index (κ3) is 2.15. The van der Waals surface area contributed by atoms with Crippen LogP contribution in [0.4, 0.5) is 0 Å². The second kappa shape index (κ2) is 4.73. The van der Waals surface area contributed by atoms with Crippen LogP contribution in [-0.4, -0.2) is 18.0 Å². The van der Waals surface area contributed by atoms with Gasteiger partial charge in [-0.3, -0.25) is 4.79 Å². The van der Waals surface area contributed by atoms with E-state index in [2.05, 4.69) is 29.7 Å². The van der Waals surface area contributed by atoms with Gasteiger partial charge in [0.1, 0.15) is 0 Å². The molecule has 0 spiro atoms. The summed E-state index contributed by atoms with van der Waals surface area (Å²) >= 11 is 0. The van der Waals surface area contributed by atoms with E-state index >= 15 is 0 Å². The van der Waals surface area contributed by atoms with Crippen LogP contribution in [0.25, 0.3) is 0 Å². The molecule has 1 aliphatic heterocycles. The van der Waals surface area contributed by atoms with Crippen molar-refractivity contribution in [3.8, 4) is 0 Å². The van der Waals surface area contributed by atoms with E-state index in [0.717, 1.165) is 0 Å². The number of carbonyl (C=O) groups is 1. The summed E-state index contributed by atoms with van der Waals surface area (Å²) in [6.07, 6.45) is 3.63. The predicted octanol–water partition coefficient (Wildman–Crippen LogP) is 1.75. The number of amides is 1. The lowest BCUT2D eigenvalue weighted by molar-refractivity contribution is -0.124. The van der Waals surface area contributed by atoms with E-state index in [1.807, 2.05) is 12.1 Å². The number of fused-ring (bicyclic) bond motifs is 2. The average molecular weight is 244 g/mol. The molecule has 96 valence electrons. The van der Waals surface area contributed by atoms with Crippen molar-refractivity contribution in [2.24, 2.45) is 5.92 Å². The lowest BCUT2D eigenvalue weighted by Gasteiger charge is -2.22. The number of rotatable bonds is 3. The Hall–Kier alpha value is -1.35. The molecule has 0 radical (unpaired) electrons. The minimum Gasteiger partial charge on any atom is -0.351 e.